The van der Waals surface area contributed by atoms with Crippen molar-refractivity contribution in [2.75, 3.05) is 6.61 Å². The molecular formula is C32H50O. The summed E-state index contributed by atoms with van der Waals surface area (Å²) in [7, 11) is 0. The molecule has 1 aromatic carbocycles. The van der Waals surface area contributed by atoms with Crippen LogP contribution < -0.4 is 0 Å². The molecule has 184 valence electrons. The fourth-order valence-electron chi connectivity index (χ4n) is 6.45. The van der Waals surface area contributed by atoms with E-state index in [1.165, 1.54) is 94.6 Å². The Morgan fingerprint density at radius 1 is 0.970 bits per heavy atom. The van der Waals surface area contributed by atoms with Crippen LogP contribution in [0.4, 0.5) is 0 Å². The van der Waals surface area contributed by atoms with Crippen LogP contribution in [-0.2, 0) is 17.8 Å². The SMILES string of the molecule is C=CC1(CCC2CCC(C(CC)Cc3ccc(COCC=CCC)cc3)CC2)CCCCC1. The summed E-state index contributed by atoms with van der Waals surface area (Å²) in [6, 6.07) is 9.22. The van der Waals surface area contributed by atoms with Gasteiger partial charge in [-0.2, -0.15) is 0 Å². The lowest BCUT2D eigenvalue weighted by Gasteiger charge is -2.38. The van der Waals surface area contributed by atoms with Crippen molar-refractivity contribution < 1.29 is 4.74 Å². The van der Waals surface area contributed by atoms with Gasteiger partial charge in [-0.3, -0.25) is 0 Å². The smallest absolute Gasteiger partial charge is 0.0721 e. The van der Waals surface area contributed by atoms with Crippen LogP contribution in [0.3, 0.4) is 0 Å². The van der Waals surface area contributed by atoms with Crippen molar-refractivity contribution in [3.05, 3.63) is 60.2 Å². The summed E-state index contributed by atoms with van der Waals surface area (Å²) in [6.07, 6.45) is 25.9. The van der Waals surface area contributed by atoms with E-state index in [2.05, 4.69) is 62.9 Å². The van der Waals surface area contributed by atoms with Crippen LogP contribution in [0.15, 0.2) is 49.1 Å². The molecule has 0 aromatic heterocycles. The van der Waals surface area contributed by atoms with Gasteiger partial charge in [0.2, 0.25) is 0 Å². The molecule has 0 saturated heterocycles. The summed E-state index contributed by atoms with van der Waals surface area (Å²) in [5, 5.41) is 0. The molecule has 1 aromatic rings. The van der Waals surface area contributed by atoms with E-state index in [0.717, 1.165) is 24.2 Å². The van der Waals surface area contributed by atoms with E-state index in [4.69, 9.17) is 4.74 Å². The van der Waals surface area contributed by atoms with E-state index in [1.54, 1.807) is 0 Å². The monoisotopic (exact) mass is 450 g/mol. The number of hydrogen-bond donors (Lipinski definition) is 0. The van der Waals surface area contributed by atoms with Crippen molar-refractivity contribution in [2.24, 2.45) is 23.2 Å². The van der Waals surface area contributed by atoms with Crippen molar-refractivity contribution in [3.63, 3.8) is 0 Å². The maximum atomic E-state index is 5.75. The zero-order chi connectivity index (χ0) is 23.4. The van der Waals surface area contributed by atoms with E-state index < -0.39 is 0 Å². The largest absolute Gasteiger partial charge is 0.373 e. The van der Waals surface area contributed by atoms with Crippen molar-refractivity contribution in [1.82, 2.24) is 0 Å². The van der Waals surface area contributed by atoms with E-state index in [1.807, 2.05) is 0 Å². The number of ether oxygens (including phenoxy) is 1. The predicted molar refractivity (Wildman–Crippen MR) is 143 cm³/mol. The lowest BCUT2D eigenvalue weighted by atomic mass is 9.67. The van der Waals surface area contributed by atoms with Gasteiger partial charge >= 0.3 is 0 Å². The van der Waals surface area contributed by atoms with E-state index in [-0.39, 0.29) is 0 Å². The molecule has 0 bridgehead atoms. The molecule has 2 saturated carbocycles. The third-order valence-corrected chi connectivity index (χ3v) is 8.82. The van der Waals surface area contributed by atoms with Gasteiger partial charge in [-0.15, -0.1) is 6.58 Å². The van der Waals surface area contributed by atoms with Gasteiger partial charge in [0.1, 0.15) is 0 Å². The average molecular weight is 451 g/mol. The molecule has 0 radical (unpaired) electrons. The molecular weight excluding hydrogens is 400 g/mol. The predicted octanol–water partition coefficient (Wildman–Crippen LogP) is 9.46. The molecule has 3 rings (SSSR count). The number of benzene rings is 1. The van der Waals surface area contributed by atoms with Gasteiger partial charge in [-0.05, 0) is 85.7 Å². The third-order valence-electron chi connectivity index (χ3n) is 8.82. The molecule has 0 N–H and O–H groups in total. The number of hydrogen-bond acceptors (Lipinski definition) is 1. The first kappa shape index (κ1) is 26.3. The van der Waals surface area contributed by atoms with Crippen LogP contribution in [-0.4, -0.2) is 6.61 Å². The zero-order valence-corrected chi connectivity index (χ0v) is 21.7. The molecule has 0 amide bonds. The highest BCUT2D eigenvalue weighted by atomic mass is 16.5. The van der Waals surface area contributed by atoms with Crippen LogP contribution in [0.25, 0.3) is 0 Å². The molecule has 0 aliphatic heterocycles. The lowest BCUT2D eigenvalue weighted by Crippen LogP contribution is -2.26. The van der Waals surface area contributed by atoms with Gasteiger partial charge in [-0.1, -0.05) is 94.9 Å². The molecule has 2 fully saturated rings. The number of rotatable bonds is 13. The highest BCUT2D eigenvalue weighted by molar-refractivity contribution is 5.22. The van der Waals surface area contributed by atoms with Gasteiger partial charge in [-0.25, -0.2) is 0 Å². The van der Waals surface area contributed by atoms with Crippen molar-refractivity contribution in [3.8, 4) is 0 Å². The maximum Gasteiger partial charge on any atom is 0.0721 e. The van der Waals surface area contributed by atoms with Crippen LogP contribution in [0.5, 0.6) is 0 Å². The average Bonchev–Trinajstić information content (AvgIpc) is 2.88. The quantitative estimate of drug-likeness (QED) is 0.215. The second-order valence-corrected chi connectivity index (χ2v) is 11.0. The van der Waals surface area contributed by atoms with Gasteiger partial charge in [0.05, 0.1) is 13.2 Å². The zero-order valence-electron chi connectivity index (χ0n) is 21.7. The third kappa shape index (κ3) is 8.43. The molecule has 1 unspecified atom stereocenters. The minimum Gasteiger partial charge on any atom is -0.373 e. The second-order valence-electron chi connectivity index (χ2n) is 11.0. The molecule has 1 atom stereocenters. The molecule has 0 heterocycles. The summed E-state index contributed by atoms with van der Waals surface area (Å²) in [6.45, 7) is 10.2. The highest BCUT2D eigenvalue weighted by Crippen LogP contribution is 2.44. The number of allylic oxidation sites excluding steroid dienone is 2. The molecule has 2 aliphatic carbocycles. The summed E-state index contributed by atoms with van der Waals surface area (Å²) in [5.41, 5.74) is 3.26. The fraction of sp³-hybridized carbons (Fsp3) is 0.688. The summed E-state index contributed by atoms with van der Waals surface area (Å²) in [5.74, 6) is 2.72. The van der Waals surface area contributed by atoms with Crippen LogP contribution in [0, 0.1) is 23.2 Å². The first-order chi connectivity index (χ1) is 16.2. The summed E-state index contributed by atoms with van der Waals surface area (Å²) < 4.78 is 5.75. The van der Waals surface area contributed by atoms with E-state index >= 15 is 0 Å². The Bertz CT molecular complexity index is 686. The van der Waals surface area contributed by atoms with Crippen molar-refractivity contribution in [1.29, 1.82) is 0 Å². The van der Waals surface area contributed by atoms with Crippen LogP contribution >= 0.6 is 0 Å². The van der Waals surface area contributed by atoms with E-state index in [9.17, 15) is 0 Å². The molecule has 2 aliphatic rings. The fourth-order valence-corrected chi connectivity index (χ4v) is 6.45. The second kappa shape index (κ2) is 14.1. The summed E-state index contributed by atoms with van der Waals surface area (Å²) >= 11 is 0. The molecule has 1 heteroatoms. The maximum absolute atomic E-state index is 5.75. The van der Waals surface area contributed by atoms with E-state index in [0.29, 0.717) is 18.6 Å². The Balaban J connectivity index is 1.40. The Labute approximate surface area is 205 Å². The minimum absolute atomic E-state index is 0.477. The first-order valence-electron chi connectivity index (χ1n) is 14.1. The van der Waals surface area contributed by atoms with Crippen LogP contribution in [0.2, 0.25) is 0 Å². The normalized spacial score (nSPS) is 24.1. The standard InChI is InChI=1S/C32H50O/c1-4-7-11-24-33-26-29-14-12-28(13-15-29)25-30(5-2)31-18-16-27(17-19-31)20-23-32(6-3)21-9-8-10-22-32/h6-7,11-15,27,30-31H,3-5,8-10,16-26H2,1-2H3. The van der Waals surface area contributed by atoms with Crippen LogP contribution in [0.1, 0.15) is 108 Å². The molecule has 33 heavy (non-hydrogen) atoms. The van der Waals surface area contributed by atoms with Gasteiger partial charge < -0.3 is 4.74 Å². The Morgan fingerprint density at radius 3 is 2.30 bits per heavy atom. The van der Waals surface area contributed by atoms with Crippen molar-refractivity contribution in [2.45, 2.75) is 110 Å². The Hall–Kier alpha value is -1.34. The lowest BCUT2D eigenvalue weighted by molar-refractivity contribution is 0.148. The van der Waals surface area contributed by atoms with Gasteiger partial charge in [0.25, 0.3) is 0 Å². The minimum atomic E-state index is 0.477. The molecule has 0 spiro atoms. The first-order valence-corrected chi connectivity index (χ1v) is 14.1. The van der Waals surface area contributed by atoms with Gasteiger partial charge in [0, 0.05) is 0 Å². The Morgan fingerprint density at radius 2 is 1.67 bits per heavy atom. The highest BCUT2D eigenvalue weighted by Gasteiger charge is 2.31. The Kier molecular flexibility index (Phi) is 11.3. The van der Waals surface area contributed by atoms with Gasteiger partial charge in [0.15, 0.2) is 0 Å². The molecule has 1 nitrogen and oxygen atoms in total. The topological polar surface area (TPSA) is 9.23 Å². The van der Waals surface area contributed by atoms with Crippen molar-refractivity contribution >= 4 is 0 Å². The summed E-state index contributed by atoms with van der Waals surface area (Å²) in [4.78, 5) is 0.